The summed E-state index contributed by atoms with van der Waals surface area (Å²) in [7, 11) is 0. The number of hydrogen-bond acceptors (Lipinski definition) is 3. The van der Waals surface area contributed by atoms with Crippen molar-refractivity contribution in [3.8, 4) is 0 Å². The molecule has 0 spiro atoms. The first-order chi connectivity index (χ1) is 7.63. The first kappa shape index (κ1) is 14.6. The van der Waals surface area contributed by atoms with E-state index in [1.54, 1.807) is 36.5 Å². The van der Waals surface area contributed by atoms with E-state index in [1.165, 1.54) is 12.2 Å². The highest BCUT2D eigenvalue weighted by Gasteiger charge is 2.18. The van der Waals surface area contributed by atoms with Crippen LogP contribution in [0.2, 0.25) is 0 Å². The van der Waals surface area contributed by atoms with Crippen molar-refractivity contribution in [3.63, 3.8) is 0 Å². The standard InChI is InChI=1S/C13H18O3/c1-3-5-7-9-11(14)13(16)12(15)10-8-6-4-2/h3-12,14-15H,1-2H3. The zero-order valence-corrected chi connectivity index (χ0v) is 9.58. The molecule has 0 saturated carbocycles. The maximum Gasteiger partial charge on any atom is 0.197 e. The number of Topliss-reactive ketones (excluding diaryl/α,β-unsaturated/α-hetero) is 1. The van der Waals surface area contributed by atoms with E-state index in [0.29, 0.717) is 0 Å². The number of carbonyl (C=O) groups excluding carboxylic acids is 1. The van der Waals surface area contributed by atoms with Crippen LogP contribution in [0.25, 0.3) is 0 Å². The van der Waals surface area contributed by atoms with Crippen LogP contribution in [0.1, 0.15) is 13.8 Å². The number of hydrogen-bond donors (Lipinski definition) is 2. The molecule has 0 aliphatic heterocycles. The Kier molecular flexibility index (Phi) is 8.03. The van der Waals surface area contributed by atoms with Gasteiger partial charge in [0.05, 0.1) is 0 Å². The monoisotopic (exact) mass is 222 g/mol. The normalized spacial score (nSPS) is 16.8. The van der Waals surface area contributed by atoms with Crippen LogP contribution >= 0.6 is 0 Å². The van der Waals surface area contributed by atoms with Gasteiger partial charge in [0.25, 0.3) is 0 Å². The quantitative estimate of drug-likeness (QED) is 0.670. The number of ketones is 1. The third-order valence-electron chi connectivity index (χ3n) is 1.78. The molecule has 2 unspecified atom stereocenters. The molecular formula is C13H18O3. The molecule has 0 amide bonds. The van der Waals surface area contributed by atoms with Crippen LogP contribution in [-0.2, 0) is 4.79 Å². The summed E-state index contributed by atoms with van der Waals surface area (Å²) in [6, 6.07) is 0. The molecule has 16 heavy (non-hydrogen) atoms. The average Bonchev–Trinajstić information content (AvgIpc) is 2.28. The SMILES string of the molecule is CC=CC=CC(O)C(=O)C(O)C=CC=CC. The van der Waals surface area contributed by atoms with Crippen LogP contribution < -0.4 is 0 Å². The van der Waals surface area contributed by atoms with Crippen LogP contribution in [0, 0.1) is 0 Å². The highest BCUT2D eigenvalue weighted by atomic mass is 16.3. The third kappa shape index (κ3) is 6.11. The lowest BCUT2D eigenvalue weighted by Crippen LogP contribution is -2.29. The van der Waals surface area contributed by atoms with Crippen LogP contribution in [0.15, 0.2) is 48.6 Å². The Morgan fingerprint density at radius 1 is 0.875 bits per heavy atom. The molecule has 0 aromatic rings. The maximum atomic E-state index is 11.4. The number of aliphatic hydroxyl groups excluding tert-OH is 2. The molecule has 0 saturated heterocycles. The fraction of sp³-hybridized carbons (Fsp3) is 0.308. The second-order valence-corrected chi connectivity index (χ2v) is 3.11. The van der Waals surface area contributed by atoms with Gasteiger partial charge in [-0.1, -0.05) is 36.5 Å². The summed E-state index contributed by atoms with van der Waals surface area (Å²) < 4.78 is 0. The zero-order valence-electron chi connectivity index (χ0n) is 9.58. The van der Waals surface area contributed by atoms with Crippen LogP contribution in [-0.4, -0.2) is 28.2 Å². The van der Waals surface area contributed by atoms with E-state index in [0.717, 1.165) is 0 Å². The fourth-order valence-electron chi connectivity index (χ4n) is 0.926. The topological polar surface area (TPSA) is 57.5 Å². The van der Waals surface area contributed by atoms with Gasteiger partial charge in [0.15, 0.2) is 5.78 Å². The van der Waals surface area contributed by atoms with Gasteiger partial charge in [0.2, 0.25) is 0 Å². The molecule has 0 fully saturated rings. The maximum absolute atomic E-state index is 11.4. The summed E-state index contributed by atoms with van der Waals surface area (Å²) in [6.07, 6.45) is 10.2. The van der Waals surface area contributed by atoms with E-state index in [-0.39, 0.29) is 0 Å². The Labute approximate surface area is 96.1 Å². The smallest absolute Gasteiger partial charge is 0.197 e. The average molecular weight is 222 g/mol. The summed E-state index contributed by atoms with van der Waals surface area (Å²) in [5, 5.41) is 18.8. The largest absolute Gasteiger partial charge is 0.381 e. The first-order valence-corrected chi connectivity index (χ1v) is 5.12. The Morgan fingerprint density at radius 2 is 1.25 bits per heavy atom. The van der Waals surface area contributed by atoms with Crippen molar-refractivity contribution >= 4 is 5.78 Å². The summed E-state index contributed by atoms with van der Waals surface area (Å²) in [4.78, 5) is 11.4. The highest BCUT2D eigenvalue weighted by molar-refractivity contribution is 5.90. The van der Waals surface area contributed by atoms with Crippen molar-refractivity contribution in [3.05, 3.63) is 48.6 Å². The Hall–Kier alpha value is -1.45. The molecule has 0 heterocycles. The lowest BCUT2D eigenvalue weighted by atomic mass is 10.1. The molecule has 0 aromatic heterocycles. The Balaban J connectivity index is 4.31. The molecule has 88 valence electrons. The lowest BCUT2D eigenvalue weighted by Gasteiger charge is -2.07. The van der Waals surface area contributed by atoms with Gasteiger partial charge >= 0.3 is 0 Å². The molecule has 3 heteroatoms. The number of allylic oxidation sites excluding steroid dienone is 6. The summed E-state index contributed by atoms with van der Waals surface area (Å²) >= 11 is 0. The lowest BCUT2D eigenvalue weighted by molar-refractivity contribution is -0.131. The highest BCUT2D eigenvalue weighted by Crippen LogP contribution is 1.98. The predicted molar refractivity (Wildman–Crippen MR) is 64.9 cm³/mol. The van der Waals surface area contributed by atoms with Crippen molar-refractivity contribution in [2.24, 2.45) is 0 Å². The van der Waals surface area contributed by atoms with Crippen LogP contribution in [0.3, 0.4) is 0 Å². The van der Waals surface area contributed by atoms with Gasteiger partial charge in [-0.3, -0.25) is 4.79 Å². The molecule has 0 radical (unpaired) electrons. The van der Waals surface area contributed by atoms with Crippen LogP contribution in [0.5, 0.6) is 0 Å². The van der Waals surface area contributed by atoms with Crippen molar-refractivity contribution in [1.29, 1.82) is 0 Å². The van der Waals surface area contributed by atoms with E-state index in [9.17, 15) is 15.0 Å². The summed E-state index contributed by atoms with van der Waals surface area (Å²) in [5.41, 5.74) is 0. The minimum atomic E-state index is -1.28. The molecule has 2 atom stereocenters. The van der Waals surface area contributed by atoms with Crippen molar-refractivity contribution in [2.75, 3.05) is 0 Å². The first-order valence-electron chi connectivity index (χ1n) is 5.12. The van der Waals surface area contributed by atoms with Crippen molar-refractivity contribution < 1.29 is 15.0 Å². The molecule has 0 aliphatic carbocycles. The second kappa shape index (κ2) is 8.83. The summed E-state index contributed by atoms with van der Waals surface area (Å²) in [5.74, 6) is -0.637. The van der Waals surface area contributed by atoms with E-state index in [1.807, 2.05) is 13.8 Å². The third-order valence-corrected chi connectivity index (χ3v) is 1.78. The zero-order chi connectivity index (χ0) is 12.4. The summed E-state index contributed by atoms with van der Waals surface area (Å²) in [6.45, 7) is 3.65. The van der Waals surface area contributed by atoms with Gasteiger partial charge in [-0.15, -0.1) is 0 Å². The van der Waals surface area contributed by atoms with Gasteiger partial charge in [-0.25, -0.2) is 0 Å². The second-order valence-electron chi connectivity index (χ2n) is 3.11. The van der Waals surface area contributed by atoms with Crippen LogP contribution in [0.4, 0.5) is 0 Å². The molecule has 2 N–H and O–H groups in total. The minimum absolute atomic E-state index is 0.637. The van der Waals surface area contributed by atoms with Gasteiger partial charge < -0.3 is 10.2 Å². The number of carbonyl (C=O) groups is 1. The van der Waals surface area contributed by atoms with Gasteiger partial charge in [0.1, 0.15) is 12.2 Å². The van der Waals surface area contributed by atoms with Gasteiger partial charge in [0, 0.05) is 0 Å². The van der Waals surface area contributed by atoms with E-state index in [4.69, 9.17) is 0 Å². The van der Waals surface area contributed by atoms with Crippen molar-refractivity contribution in [1.82, 2.24) is 0 Å². The van der Waals surface area contributed by atoms with E-state index < -0.39 is 18.0 Å². The number of rotatable bonds is 6. The predicted octanol–water partition coefficient (Wildman–Crippen LogP) is 1.54. The molecule has 0 rings (SSSR count). The van der Waals surface area contributed by atoms with E-state index >= 15 is 0 Å². The minimum Gasteiger partial charge on any atom is -0.381 e. The van der Waals surface area contributed by atoms with E-state index in [2.05, 4.69) is 0 Å². The van der Waals surface area contributed by atoms with Gasteiger partial charge in [-0.05, 0) is 26.0 Å². The van der Waals surface area contributed by atoms with Gasteiger partial charge in [-0.2, -0.15) is 0 Å². The van der Waals surface area contributed by atoms with Crippen molar-refractivity contribution in [2.45, 2.75) is 26.1 Å². The molecule has 0 bridgehead atoms. The molecule has 0 aliphatic rings. The number of aliphatic hydroxyl groups is 2. The molecule has 3 nitrogen and oxygen atoms in total. The molecular weight excluding hydrogens is 204 g/mol. The molecule has 0 aromatic carbocycles. The Bertz CT molecular complexity index is 281. The fourth-order valence-corrected chi connectivity index (χ4v) is 0.926. The Morgan fingerprint density at radius 3 is 1.56 bits per heavy atom.